The Bertz CT molecular complexity index is 432. The molecule has 0 aliphatic rings. The van der Waals surface area contributed by atoms with E-state index < -0.39 is 15.7 Å². The number of nitrogens with two attached hydrogens (primary N) is 1. The number of carbonyl (C=O) groups is 1. The van der Waals surface area contributed by atoms with Crippen LogP contribution in [0.3, 0.4) is 0 Å². The normalized spacial score (nSPS) is 11.5. The van der Waals surface area contributed by atoms with E-state index in [1.54, 1.807) is 0 Å². The van der Waals surface area contributed by atoms with Gasteiger partial charge in [0, 0.05) is 19.1 Å². The van der Waals surface area contributed by atoms with Crippen molar-refractivity contribution in [2.75, 3.05) is 6.26 Å². The number of hydrogen-bond donors (Lipinski definition) is 1. The van der Waals surface area contributed by atoms with E-state index in [0.29, 0.717) is 5.76 Å². The summed E-state index contributed by atoms with van der Waals surface area (Å²) in [4.78, 5) is 10.5. The average Bonchev–Trinajstić information content (AvgIpc) is 2.47. The smallest absolute Gasteiger partial charge is 0.218 e. The Kier molecular flexibility index (Phi) is 2.95. The highest BCUT2D eigenvalue weighted by Crippen LogP contribution is 2.15. The van der Waals surface area contributed by atoms with Gasteiger partial charge in [-0.25, -0.2) is 8.42 Å². The zero-order valence-electron chi connectivity index (χ0n) is 7.56. The van der Waals surface area contributed by atoms with Gasteiger partial charge in [0.15, 0.2) is 9.84 Å². The molecule has 1 amide bonds. The van der Waals surface area contributed by atoms with Crippen LogP contribution in [0.2, 0.25) is 0 Å². The lowest BCUT2D eigenvalue weighted by Gasteiger charge is -1.90. The van der Waals surface area contributed by atoms with E-state index in [2.05, 4.69) is 0 Å². The summed E-state index contributed by atoms with van der Waals surface area (Å²) in [7, 11) is -3.25. The van der Waals surface area contributed by atoms with Crippen molar-refractivity contribution in [2.45, 2.75) is 11.3 Å². The van der Waals surface area contributed by atoms with Crippen LogP contribution >= 0.6 is 0 Å². The molecule has 5 nitrogen and oxygen atoms in total. The summed E-state index contributed by atoms with van der Waals surface area (Å²) in [5, 5.41) is 0. The molecule has 2 N–H and O–H groups in total. The van der Waals surface area contributed by atoms with Crippen LogP contribution in [0.4, 0.5) is 0 Å². The Morgan fingerprint density at radius 2 is 2.29 bits per heavy atom. The van der Waals surface area contributed by atoms with Crippen molar-refractivity contribution in [1.82, 2.24) is 0 Å². The van der Waals surface area contributed by atoms with E-state index in [1.165, 1.54) is 12.5 Å². The second-order valence-corrected chi connectivity index (χ2v) is 4.85. The molecule has 0 bridgehead atoms. The van der Waals surface area contributed by atoms with Crippen molar-refractivity contribution >= 4 is 15.7 Å². The summed E-state index contributed by atoms with van der Waals surface area (Å²) in [6, 6.07) is 1.35. The number of sulfone groups is 1. The van der Waals surface area contributed by atoms with Gasteiger partial charge in [-0.2, -0.15) is 0 Å². The molecule has 0 atom stereocenters. The van der Waals surface area contributed by atoms with Gasteiger partial charge in [-0.3, -0.25) is 4.79 Å². The topological polar surface area (TPSA) is 90.4 Å². The minimum absolute atomic E-state index is 0.0245. The average molecular weight is 216 g/mol. The molecule has 14 heavy (non-hydrogen) atoms. The van der Waals surface area contributed by atoms with Gasteiger partial charge in [-0.1, -0.05) is 0 Å². The molecule has 1 aromatic rings. The zero-order chi connectivity index (χ0) is 10.8. The summed E-state index contributed by atoms with van der Waals surface area (Å²) in [5.41, 5.74) is 4.90. The Labute approximate surface area is 81.8 Å². The van der Waals surface area contributed by atoms with Crippen LogP contribution in [-0.4, -0.2) is 20.6 Å². The summed E-state index contributed by atoms with van der Waals surface area (Å²) in [6.45, 7) is 0. The van der Waals surface area contributed by atoms with Gasteiger partial charge >= 0.3 is 0 Å². The first kappa shape index (κ1) is 10.8. The van der Waals surface area contributed by atoms with Gasteiger partial charge < -0.3 is 10.2 Å². The highest BCUT2D eigenvalue weighted by molar-refractivity contribution is 7.90. The van der Waals surface area contributed by atoms with E-state index in [9.17, 15) is 13.2 Å². The van der Waals surface area contributed by atoms with Gasteiger partial charge in [-0.15, -0.1) is 0 Å². The van der Waals surface area contributed by atoms with Crippen LogP contribution in [0, 0.1) is 6.42 Å². The first-order valence-electron chi connectivity index (χ1n) is 3.79. The van der Waals surface area contributed by atoms with Crippen molar-refractivity contribution in [1.29, 1.82) is 0 Å². The van der Waals surface area contributed by atoms with Crippen molar-refractivity contribution in [3.63, 3.8) is 0 Å². The first-order valence-corrected chi connectivity index (χ1v) is 5.69. The largest absolute Gasteiger partial charge is 0.468 e. The third kappa shape index (κ3) is 2.88. The maximum atomic E-state index is 11.0. The second kappa shape index (κ2) is 3.83. The molecule has 0 spiro atoms. The molecule has 0 fully saturated rings. The highest BCUT2D eigenvalue weighted by Gasteiger charge is 2.11. The molecule has 1 aromatic heterocycles. The van der Waals surface area contributed by atoms with Crippen LogP contribution < -0.4 is 5.73 Å². The van der Waals surface area contributed by atoms with E-state index in [-0.39, 0.29) is 11.3 Å². The minimum Gasteiger partial charge on any atom is -0.468 e. The van der Waals surface area contributed by atoms with Crippen molar-refractivity contribution < 1.29 is 17.6 Å². The van der Waals surface area contributed by atoms with Crippen molar-refractivity contribution in [3.8, 4) is 0 Å². The van der Waals surface area contributed by atoms with Crippen molar-refractivity contribution in [2.24, 2.45) is 5.73 Å². The lowest BCUT2D eigenvalue weighted by molar-refractivity contribution is -0.117. The lowest BCUT2D eigenvalue weighted by Crippen LogP contribution is -2.09. The standard InChI is InChI=1S/C8H10NO4S/c1-14(11,12)7-4-6(13-5-7)2-3-8(9)10/h2,4-5H,3H2,1H3,(H2,9,10). The first-order chi connectivity index (χ1) is 6.39. The fourth-order valence-electron chi connectivity index (χ4n) is 0.837. The predicted octanol–water partition coefficient (Wildman–Crippen LogP) is 0.111. The van der Waals surface area contributed by atoms with Gasteiger partial charge in [0.25, 0.3) is 0 Å². The van der Waals surface area contributed by atoms with E-state index in [0.717, 1.165) is 12.5 Å². The Balaban J connectivity index is 2.74. The number of furan rings is 1. The third-order valence-corrected chi connectivity index (χ3v) is 2.60. The van der Waals surface area contributed by atoms with Gasteiger partial charge in [0.05, 0.1) is 0 Å². The van der Waals surface area contributed by atoms with Gasteiger partial charge in [0.1, 0.15) is 16.9 Å². The molecule has 1 heterocycles. The minimum atomic E-state index is -3.25. The Hall–Kier alpha value is -1.30. The fraction of sp³-hybridized carbons (Fsp3) is 0.250. The van der Waals surface area contributed by atoms with Gasteiger partial charge in [-0.05, 0) is 6.07 Å². The molecule has 0 aliphatic carbocycles. The number of carbonyl (C=O) groups excluding carboxylic acids is 1. The molecule has 6 heteroatoms. The van der Waals surface area contributed by atoms with E-state index >= 15 is 0 Å². The summed E-state index contributed by atoms with van der Waals surface area (Å²) >= 11 is 0. The molecule has 0 aromatic carbocycles. The lowest BCUT2D eigenvalue weighted by atomic mass is 10.2. The Morgan fingerprint density at radius 1 is 1.64 bits per heavy atom. The molecule has 77 valence electrons. The monoisotopic (exact) mass is 216 g/mol. The Morgan fingerprint density at radius 3 is 2.71 bits per heavy atom. The van der Waals surface area contributed by atoms with E-state index in [4.69, 9.17) is 10.2 Å². The maximum absolute atomic E-state index is 11.0. The van der Waals surface area contributed by atoms with Crippen LogP contribution in [0.1, 0.15) is 12.2 Å². The molecular formula is C8H10NO4S. The highest BCUT2D eigenvalue weighted by atomic mass is 32.2. The number of primary amides is 1. The molecule has 0 aliphatic heterocycles. The zero-order valence-corrected chi connectivity index (χ0v) is 8.37. The molecular weight excluding hydrogens is 206 g/mol. The number of hydrogen-bond acceptors (Lipinski definition) is 4. The third-order valence-electron chi connectivity index (χ3n) is 1.53. The summed E-state index contributed by atoms with van der Waals surface area (Å²) < 4.78 is 26.9. The maximum Gasteiger partial charge on any atom is 0.218 e. The van der Waals surface area contributed by atoms with Crippen LogP contribution in [0.15, 0.2) is 21.6 Å². The van der Waals surface area contributed by atoms with Crippen LogP contribution in [-0.2, 0) is 14.6 Å². The van der Waals surface area contributed by atoms with E-state index in [1.807, 2.05) is 0 Å². The second-order valence-electron chi connectivity index (χ2n) is 2.83. The SMILES string of the molecule is CS(=O)(=O)c1coc([CH]CC(N)=O)c1. The molecule has 1 radical (unpaired) electrons. The van der Waals surface area contributed by atoms with Gasteiger partial charge in [0.2, 0.25) is 5.91 Å². The molecule has 0 unspecified atom stereocenters. The summed E-state index contributed by atoms with van der Waals surface area (Å²) in [6.07, 6.45) is 3.66. The fourth-order valence-corrected chi connectivity index (χ4v) is 1.39. The predicted molar refractivity (Wildman–Crippen MR) is 49.0 cm³/mol. The van der Waals surface area contributed by atoms with Crippen LogP contribution in [0.25, 0.3) is 0 Å². The molecule has 0 saturated heterocycles. The number of amides is 1. The molecule has 0 saturated carbocycles. The quantitative estimate of drug-likeness (QED) is 0.773. The molecule has 1 rings (SSSR count). The van der Waals surface area contributed by atoms with Crippen LogP contribution in [0.5, 0.6) is 0 Å². The van der Waals surface area contributed by atoms with Crippen molar-refractivity contribution in [3.05, 3.63) is 24.5 Å². The number of rotatable bonds is 4. The summed E-state index contributed by atoms with van der Waals surface area (Å²) in [5.74, 6) is -0.175.